The van der Waals surface area contributed by atoms with E-state index in [4.69, 9.17) is 19.1 Å². The lowest BCUT2D eigenvalue weighted by Crippen LogP contribution is -2.29. The summed E-state index contributed by atoms with van der Waals surface area (Å²) in [5.74, 6) is -0.265. The van der Waals surface area contributed by atoms with Crippen LogP contribution in [0.3, 0.4) is 0 Å². The number of allylic oxidation sites excluding steroid dienone is 10. The molecule has 0 spiro atoms. The van der Waals surface area contributed by atoms with Gasteiger partial charge < -0.3 is 29.7 Å². The van der Waals surface area contributed by atoms with Gasteiger partial charge in [-0.15, -0.1) is 0 Å². The molecule has 5 atom stereocenters. The Hall–Kier alpha value is -2.63. The number of hydrogen-bond donors (Lipinski definition) is 4. The highest BCUT2D eigenvalue weighted by Crippen LogP contribution is 2.43. The van der Waals surface area contributed by atoms with Crippen LogP contribution >= 0.6 is 7.82 Å². The van der Waals surface area contributed by atoms with Gasteiger partial charge in [0, 0.05) is 12.8 Å². The Morgan fingerprint density at radius 3 is 1.96 bits per heavy atom. The summed E-state index contributed by atoms with van der Waals surface area (Å²) in [6, 6.07) is 0. The minimum Gasteiger partial charge on any atom is -0.462 e. The Bertz CT molecular complexity index is 1180. The average Bonchev–Trinajstić information content (AvgIpc) is 3.17. The molecule has 0 saturated heterocycles. The largest absolute Gasteiger partial charge is 0.472 e. The second kappa shape index (κ2) is 37.0. The lowest BCUT2D eigenvalue weighted by Gasteiger charge is -2.20. The highest BCUT2D eigenvalue weighted by atomic mass is 31.2. The van der Waals surface area contributed by atoms with Crippen molar-refractivity contribution in [3.63, 3.8) is 0 Å². The molecule has 4 N–H and O–H groups in total. The summed E-state index contributed by atoms with van der Waals surface area (Å²) in [6.45, 7) is 4.37. The van der Waals surface area contributed by atoms with Gasteiger partial charge in [0.2, 0.25) is 0 Å². The first-order valence-electron chi connectivity index (χ1n) is 20.4. The highest BCUT2D eigenvalue weighted by Gasteiger charge is 2.27. The van der Waals surface area contributed by atoms with Crippen molar-refractivity contribution in [2.24, 2.45) is 5.92 Å². The maximum Gasteiger partial charge on any atom is 0.472 e. The van der Waals surface area contributed by atoms with Crippen molar-refractivity contribution in [1.82, 2.24) is 0 Å². The SMILES string of the molecule is CC/C=C\C/C=C\CC(O)/C=C/C=C\C/C=C\C/C=C\CCC(=O)OC[C@H](COP(=O)(O)OC[C@@H](O)CO)OC(=O)CCCCCCCCCCC(C)CC. The second-order valence-corrected chi connectivity index (χ2v) is 15.2. The Morgan fingerprint density at radius 1 is 0.691 bits per heavy atom. The van der Waals surface area contributed by atoms with E-state index in [1.807, 2.05) is 54.7 Å². The number of carbonyl (C=O) groups excluding carboxylic acids is 2. The van der Waals surface area contributed by atoms with E-state index < -0.39 is 57.9 Å². The van der Waals surface area contributed by atoms with Gasteiger partial charge >= 0.3 is 19.8 Å². The minimum atomic E-state index is -4.64. The zero-order chi connectivity index (χ0) is 40.8. The Labute approximate surface area is 331 Å². The Balaban J connectivity index is 4.53. The smallest absolute Gasteiger partial charge is 0.462 e. The van der Waals surface area contributed by atoms with Gasteiger partial charge in [0.05, 0.1) is 25.9 Å². The van der Waals surface area contributed by atoms with E-state index >= 15 is 0 Å². The highest BCUT2D eigenvalue weighted by molar-refractivity contribution is 7.47. The molecule has 55 heavy (non-hydrogen) atoms. The predicted octanol–water partition coefficient (Wildman–Crippen LogP) is 9.32. The van der Waals surface area contributed by atoms with E-state index in [1.165, 1.54) is 38.5 Å². The summed E-state index contributed by atoms with van der Waals surface area (Å²) in [7, 11) is -4.64. The van der Waals surface area contributed by atoms with Crippen LogP contribution in [-0.2, 0) is 32.7 Å². The van der Waals surface area contributed by atoms with Crippen LogP contribution in [0.2, 0.25) is 0 Å². The van der Waals surface area contributed by atoms with Gasteiger partial charge in [-0.2, -0.15) is 0 Å². The molecule has 0 saturated carbocycles. The first-order valence-corrected chi connectivity index (χ1v) is 21.9. The van der Waals surface area contributed by atoms with Crippen LogP contribution in [-0.4, -0.2) is 76.9 Å². The lowest BCUT2D eigenvalue weighted by atomic mass is 9.99. The van der Waals surface area contributed by atoms with Gasteiger partial charge in [-0.25, -0.2) is 4.57 Å². The van der Waals surface area contributed by atoms with Gasteiger partial charge in [0.25, 0.3) is 0 Å². The number of aliphatic hydroxyl groups is 3. The molecule has 0 radical (unpaired) electrons. The molecule has 0 aromatic heterocycles. The molecule has 0 aromatic carbocycles. The fraction of sp³-hybridized carbons (Fsp3) is 0.674. The number of esters is 2. The predicted molar refractivity (Wildman–Crippen MR) is 220 cm³/mol. The number of ether oxygens (including phenoxy) is 2. The number of unbranched alkanes of at least 4 members (excludes halogenated alkanes) is 7. The van der Waals surface area contributed by atoms with Gasteiger partial charge in [-0.3, -0.25) is 18.6 Å². The number of aliphatic hydroxyl groups excluding tert-OH is 3. The normalized spacial score (nSPS) is 15.8. The molecular weight excluding hydrogens is 723 g/mol. The van der Waals surface area contributed by atoms with Crippen LogP contribution in [0.4, 0.5) is 0 Å². The molecule has 0 aliphatic rings. The standard InChI is InChI=1S/C43H73O11P/c1-4-6-7-8-20-25-30-39(45)31-26-21-16-11-9-10-12-17-22-27-32-42(47)51-36-41(37-53-55(49,50)52-35-40(46)34-44)54-43(48)33-28-23-18-14-13-15-19-24-29-38(3)5-2/h6-7,9-10,16-17,20-22,25-26,31,38-41,44-46H,4-5,8,11-15,18-19,23-24,27-30,32-37H2,1-3H3,(H,49,50)/b7-6-,10-9-,21-16-,22-17-,25-20-,31-26+/t38?,39?,40-,41+/m0/s1. The Kier molecular flexibility index (Phi) is 35.2. The molecule has 0 aliphatic heterocycles. The van der Waals surface area contributed by atoms with E-state index in [2.05, 4.69) is 37.4 Å². The molecule has 0 aliphatic carbocycles. The monoisotopic (exact) mass is 796 g/mol. The van der Waals surface area contributed by atoms with Crippen molar-refractivity contribution in [2.75, 3.05) is 26.4 Å². The van der Waals surface area contributed by atoms with Crippen LogP contribution in [0, 0.1) is 5.92 Å². The molecule has 0 aromatic rings. The number of phosphoric ester groups is 1. The van der Waals surface area contributed by atoms with Crippen molar-refractivity contribution in [3.8, 4) is 0 Å². The van der Waals surface area contributed by atoms with Gasteiger partial charge in [-0.1, -0.05) is 151 Å². The first-order chi connectivity index (χ1) is 26.5. The zero-order valence-corrected chi connectivity index (χ0v) is 34.8. The Morgan fingerprint density at radius 2 is 1.29 bits per heavy atom. The van der Waals surface area contributed by atoms with E-state index in [1.54, 1.807) is 6.08 Å². The molecule has 0 amide bonds. The number of hydrogen-bond acceptors (Lipinski definition) is 10. The topological polar surface area (TPSA) is 169 Å². The summed E-state index contributed by atoms with van der Waals surface area (Å²) in [6.07, 6.45) is 36.4. The van der Waals surface area contributed by atoms with Crippen molar-refractivity contribution >= 4 is 19.8 Å². The fourth-order valence-electron chi connectivity index (χ4n) is 4.96. The van der Waals surface area contributed by atoms with Crippen molar-refractivity contribution in [3.05, 3.63) is 72.9 Å². The number of rotatable bonds is 36. The molecule has 0 fully saturated rings. The average molecular weight is 797 g/mol. The molecule has 0 rings (SSSR count). The molecule has 0 heterocycles. The minimum absolute atomic E-state index is 0.0902. The zero-order valence-electron chi connectivity index (χ0n) is 33.9. The molecule has 11 nitrogen and oxygen atoms in total. The quantitative estimate of drug-likeness (QED) is 0.0157. The van der Waals surface area contributed by atoms with E-state index in [-0.39, 0.29) is 19.4 Å². The van der Waals surface area contributed by atoms with Crippen LogP contribution in [0.5, 0.6) is 0 Å². The van der Waals surface area contributed by atoms with Gasteiger partial charge in [0.1, 0.15) is 12.7 Å². The van der Waals surface area contributed by atoms with Crippen molar-refractivity contribution < 1.29 is 52.9 Å². The van der Waals surface area contributed by atoms with Crippen molar-refractivity contribution in [2.45, 2.75) is 155 Å². The van der Waals surface area contributed by atoms with E-state index in [9.17, 15) is 29.3 Å². The molecule has 316 valence electrons. The molecule has 3 unspecified atom stereocenters. The third kappa shape index (κ3) is 36.7. The number of phosphoric acid groups is 1. The third-order valence-corrected chi connectivity index (χ3v) is 9.46. The van der Waals surface area contributed by atoms with Crippen LogP contribution in [0.1, 0.15) is 136 Å². The van der Waals surface area contributed by atoms with Crippen LogP contribution < -0.4 is 0 Å². The van der Waals surface area contributed by atoms with E-state index in [0.29, 0.717) is 25.7 Å². The fourth-order valence-corrected chi connectivity index (χ4v) is 5.75. The summed E-state index contributed by atoms with van der Waals surface area (Å²) in [5.41, 5.74) is 0. The molecule has 12 heteroatoms. The summed E-state index contributed by atoms with van der Waals surface area (Å²) in [4.78, 5) is 34.9. The van der Waals surface area contributed by atoms with Crippen LogP contribution in [0.25, 0.3) is 0 Å². The first kappa shape index (κ1) is 52.4. The summed E-state index contributed by atoms with van der Waals surface area (Å²) < 4.78 is 32.5. The summed E-state index contributed by atoms with van der Waals surface area (Å²) >= 11 is 0. The molecule has 0 bridgehead atoms. The number of carbonyl (C=O) groups is 2. The lowest BCUT2D eigenvalue weighted by molar-refractivity contribution is -0.161. The van der Waals surface area contributed by atoms with Crippen LogP contribution in [0.15, 0.2) is 72.9 Å². The second-order valence-electron chi connectivity index (χ2n) is 13.7. The third-order valence-electron chi connectivity index (χ3n) is 8.51. The van der Waals surface area contributed by atoms with Gasteiger partial charge in [-0.05, 0) is 50.9 Å². The maximum atomic E-state index is 12.6. The van der Waals surface area contributed by atoms with Crippen molar-refractivity contribution in [1.29, 1.82) is 0 Å². The molecular formula is C43H73O11P. The summed E-state index contributed by atoms with van der Waals surface area (Å²) in [5, 5.41) is 28.3. The van der Waals surface area contributed by atoms with Gasteiger partial charge in [0.15, 0.2) is 6.10 Å². The van der Waals surface area contributed by atoms with E-state index in [0.717, 1.165) is 44.4 Å². The maximum absolute atomic E-state index is 12.6.